The molecule has 0 aromatic heterocycles. The zero-order valence-corrected chi connectivity index (χ0v) is 18.7. The highest BCUT2D eigenvalue weighted by atomic mass is 32.2. The Hall–Kier alpha value is -3.11. The maximum atomic E-state index is 13.1. The van der Waals surface area contributed by atoms with Gasteiger partial charge in [-0.25, -0.2) is 8.42 Å². The Kier molecular flexibility index (Phi) is 6.07. The molecule has 0 spiro atoms. The number of piperazine rings is 1. The van der Waals surface area contributed by atoms with Crippen LogP contribution in [-0.2, 0) is 26.0 Å². The fourth-order valence-corrected chi connectivity index (χ4v) is 5.19. The lowest BCUT2D eigenvalue weighted by atomic mass is 10.1. The van der Waals surface area contributed by atoms with Gasteiger partial charge in [0.25, 0.3) is 5.91 Å². The number of nitrogens with one attached hydrogen (secondary N) is 1. The third-order valence-electron chi connectivity index (χ3n) is 5.60. The number of nitrogens with zero attached hydrogens (tertiary/aromatic N) is 2. The number of amides is 2. The highest BCUT2D eigenvalue weighted by molar-refractivity contribution is 7.89. The molecule has 2 heterocycles. The van der Waals surface area contributed by atoms with Crippen LogP contribution < -0.4 is 14.8 Å². The molecule has 4 rings (SSSR count). The molecule has 0 aliphatic carbocycles. The Morgan fingerprint density at radius 1 is 1.16 bits per heavy atom. The van der Waals surface area contributed by atoms with Crippen LogP contribution in [0.1, 0.15) is 12.5 Å². The average Bonchev–Trinajstić information content (AvgIpc) is 2.79. The van der Waals surface area contributed by atoms with Crippen LogP contribution in [0, 0.1) is 0 Å². The molecule has 2 aliphatic heterocycles. The van der Waals surface area contributed by atoms with Gasteiger partial charge in [-0.1, -0.05) is 12.1 Å². The van der Waals surface area contributed by atoms with Crippen molar-refractivity contribution < 1.29 is 27.5 Å². The van der Waals surface area contributed by atoms with E-state index >= 15 is 0 Å². The van der Waals surface area contributed by atoms with Crippen molar-refractivity contribution in [1.82, 2.24) is 9.21 Å². The number of hydrogen-bond acceptors (Lipinski definition) is 6. The molecule has 2 aliphatic rings. The van der Waals surface area contributed by atoms with E-state index in [-0.39, 0.29) is 36.2 Å². The van der Waals surface area contributed by atoms with Crippen LogP contribution in [0.15, 0.2) is 47.4 Å². The molecule has 2 aromatic carbocycles. The minimum Gasteiger partial charge on any atom is -0.497 e. The maximum absolute atomic E-state index is 13.1. The van der Waals surface area contributed by atoms with Gasteiger partial charge in [-0.05, 0) is 42.8 Å². The first-order valence-electron chi connectivity index (χ1n) is 10.3. The summed E-state index contributed by atoms with van der Waals surface area (Å²) in [6.45, 7) is 2.64. The van der Waals surface area contributed by atoms with E-state index in [9.17, 15) is 18.0 Å². The summed E-state index contributed by atoms with van der Waals surface area (Å²) >= 11 is 0. The van der Waals surface area contributed by atoms with E-state index in [1.165, 1.54) is 16.4 Å². The van der Waals surface area contributed by atoms with Gasteiger partial charge in [0.05, 0.1) is 24.1 Å². The largest absolute Gasteiger partial charge is 0.497 e. The quantitative estimate of drug-likeness (QED) is 0.726. The normalized spacial score (nSPS) is 19.0. The molecule has 0 radical (unpaired) electrons. The second-order valence-corrected chi connectivity index (χ2v) is 9.66. The fourth-order valence-electron chi connectivity index (χ4n) is 3.74. The summed E-state index contributed by atoms with van der Waals surface area (Å²) in [6.07, 6.45) is -0.403. The van der Waals surface area contributed by atoms with Crippen LogP contribution in [0.2, 0.25) is 0 Å². The molecule has 1 N–H and O–H groups in total. The summed E-state index contributed by atoms with van der Waals surface area (Å²) in [5, 5.41) is 2.67. The van der Waals surface area contributed by atoms with Crippen molar-refractivity contribution >= 4 is 27.5 Å². The number of methoxy groups -OCH3 is 1. The van der Waals surface area contributed by atoms with Crippen molar-refractivity contribution in [2.24, 2.45) is 0 Å². The van der Waals surface area contributed by atoms with Gasteiger partial charge in [0.1, 0.15) is 11.5 Å². The zero-order valence-electron chi connectivity index (χ0n) is 17.9. The molecule has 2 amide bonds. The molecule has 1 saturated heterocycles. The molecule has 0 unspecified atom stereocenters. The molecule has 2 aromatic rings. The van der Waals surface area contributed by atoms with Gasteiger partial charge < -0.3 is 19.7 Å². The van der Waals surface area contributed by atoms with Crippen molar-refractivity contribution in [2.75, 3.05) is 38.6 Å². The zero-order chi connectivity index (χ0) is 22.9. The summed E-state index contributed by atoms with van der Waals surface area (Å²) in [6, 6.07) is 11.8. The molecule has 10 heteroatoms. The molecular weight excluding hydrogens is 434 g/mol. The number of ether oxygens (including phenoxy) is 2. The first-order chi connectivity index (χ1) is 15.3. The summed E-state index contributed by atoms with van der Waals surface area (Å²) < 4.78 is 38.3. The highest BCUT2D eigenvalue weighted by Crippen LogP contribution is 2.33. The van der Waals surface area contributed by atoms with Gasteiger partial charge >= 0.3 is 0 Å². The molecule has 1 atom stereocenters. The number of benzene rings is 2. The van der Waals surface area contributed by atoms with E-state index in [1.807, 2.05) is 24.3 Å². The molecular formula is C22H25N3O6S. The number of carbonyl (C=O) groups excluding carboxylic acids is 2. The van der Waals surface area contributed by atoms with E-state index in [0.717, 1.165) is 5.56 Å². The second-order valence-electron chi connectivity index (χ2n) is 7.72. The van der Waals surface area contributed by atoms with E-state index < -0.39 is 16.1 Å². The van der Waals surface area contributed by atoms with E-state index in [1.54, 1.807) is 25.0 Å². The summed E-state index contributed by atoms with van der Waals surface area (Å²) in [5.41, 5.74) is 1.18. The Morgan fingerprint density at radius 3 is 2.62 bits per heavy atom. The molecule has 9 nitrogen and oxygen atoms in total. The summed E-state index contributed by atoms with van der Waals surface area (Å²) in [5.74, 6) is 0.740. The fraction of sp³-hybridized carbons (Fsp3) is 0.364. The predicted octanol–water partition coefficient (Wildman–Crippen LogP) is 1.49. The number of sulfonamides is 1. The monoisotopic (exact) mass is 459 g/mol. The molecule has 0 saturated carbocycles. The molecule has 0 bridgehead atoms. The minimum absolute atomic E-state index is 0.0573. The average molecular weight is 460 g/mol. The number of rotatable bonds is 5. The lowest BCUT2D eigenvalue weighted by Gasteiger charge is -2.34. The Morgan fingerprint density at radius 2 is 1.91 bits per heavy atom. The van der Waals surface area contributed by atoms with Crippen molar-refractivity contribution in [1.29, 1.82) is 0 Å². The lowest BCUT2D eigenvalue weighted by molar-refractivity contribution is -0.131. The Bertz CT molecular complexity index is 1140. The molecule has 170 valence electrons. The standard InChI is InChI=1S/C22H25N3O6S/c1-15-22(27)23-19-14-18(6-7-20(19)31-15)32(28,29)25-10-8-24(9-11-25)21(26)13-16-4-3-5-17(12-16)30-2/h3-7,12,14-15H,8-11,13H2,1-2H3,(H,23,27)/t15-/m1/s1. The van der Waals surface area contributed by atoms with Crippen LogP contribution in [0.25, 0.3) is 0 Å². The van der Waals surface area contributed by atoms with E-state index in [4.69, 9.17) is 9.47 Å². The second kappa shape index (κ2) is 8.79. The first-order valence-corrected chi connectivity index (χ1v) is 11.7. The Balaban J connectivity index is 1.40. The van der Waals surface area contributed by atoms with Gasteiger partial charge in [-0.15, -0.1) is 0 Å². The highest BCUT2D eigenvalue weighted by Gasteiger charge is 2.32. The number of anilines is 1. The Labute approximate surface area is 187 Å². The number of hydrogen-bond donors (Lipinski definition) is 1. The minimum atomic E-state index is -3.77. The predicted molar refractivity (Wildman–Crippen MR) is 117 cm³/mol. The van der Waals surface area contributed by atoms with Crippen molar-refractivity contribution in [3.63, 3.8) is 0 Å². The van der Waals surface area contributed by atoms with E-state index in [2.05, 4.69) is 5.32 Å². The van der Waals surface area contributed by atoms with Crippen molar-refractivity contribution in [3.05, 3.63) is 48.0 Å². The lowest BCUT2D eigenvalue weighted by Crippen LogP contribution is -2.50. The van der Waals surface area contributed by atoms with Crippen LogP contribution in [0.3, 0.4) is 0 Å². The summed E-state index contributed by atoms with van der Waals surface area (Å²) in [4.78, 5) is 26.3. The molecule has 1 fully saturated rings. The van der Waals surface area contributed by atoms with Crippen LogP contribution in [-0.4, -0.2) is 68.8 Å². The number of fused-ring (bicyclic) bond motifs is 1. The van der Waals surface area contributed by atoms with E-state index in [0.29, 0.717) is 30.3 Å². The van der Waals surface area contributed by atoms with Crippen molar-refractivity contribution in [2.45, 2.75) is 24.3 Å². The van der Waals surface area contributed by atoms with Gasteiger partial charge in [0.2, 0.25) is 15.9 Å². The third kappa shape index (κ3) is 4.42. The SMILES string of the molecule is COc1cccc(CC(=O)N2CCN(S(=O)(=O)c3ccc4c(c3)NC(=O)[C@@H](C)O4)CC2)c1. The van der Waals surface area contributed by atoms with Gasteiger partial charge in [0.15, 0.2) is 6.10 Å². The molecule has 32 heavy (non-hydrogen) atoms. The smallest absolute Gasteiger partial charge is 0.265 e. The maximum Gasteiger partial charge on any atom is 0.265 e. The topological polar surface area (TPSA) is 105 Å². The van der Waals surface area contributed by atoms with Gasteiger partial charge in [-0.3, -0.25) is 9.59 Å². The summed E-state index contributed by atoms with van der Waals surface area (Å²) in [7, 11) is -2.20. The van der Waals surface area contributed by atoms with Gasteiger partial charge in [0, 0.05) is 26.2 Å². The van der Waals surface area contributed by atoms with Crippen LogP contribution in [0.5, 0.6) is 11.5 Å². The van der Waals surface area contributed by atoms with Crippen LogP contribution in [0.4, 0.5) is 5.69 Å². The number of carbonyl (C=O) groups is 2. The van der Waals surface area contributed by atoms with Gasteiger partial charge in [-0.2, -0.15) is 4.31 Å². The first kappa shape index (κ1) is 22.1. The van der Waals surface area contributed by atoms with Crippen LogP contribution >= 0.6 is 0 Å². The van der Waals surface area contributed by atoms with Crippen molar-refractivity contribution in [3.8, 4) is 11.5 Å². The third-order valence-corrected chi connectivity index (χ3v) is 7.50.